The zero-order chi connectivity index (χ0) is 12.3. The topological polar surface area (TPSA) is 35.2 Å². The van der Waals surface area contributed by atoms with Crippen LogP contribution >= 0.6 is 0 Å². The molecule has 1 rings (SSSR count). The summed E-state index contributed by atoms with van der Waals surface area (Å²) in [5, 5.41) is 0. The molecule has 0 saturated heterocycles. The van der Waals surface area contributed by atoms with Crippen LogP contribution in [0.2, 0.25) is 0 Å². The number of ether oxygens (including phenoxy) is 1. The molecule has 0 radical (unpaired) electrons. The SMILES string of the molecule is CC(C)(C)C(N)COc1cccc(F)c1F. The minimum absolute atomic E-state index is 0.0975. The molecule has 0 heterocycles. The Bertz CT molecular complexity index is 361. The summed E-state index contributed by atoms with van der Waals surface area (Å²) in [7, 11) is 0. The Labute approximate surface area is 94.4 Å². The Morgan fingerprint density at radius 2 is 1.94 bits per heavy atom. The predicted octanol–water partition coefficient (Wildman–Crippen LogP) is 2.72. The lowest BCUT2D eigenvalue weighted by atomic mass is 9.88. The zero-order valence-electron chi connectivity index (χ0n) is 9.76. The lowest BCUT2D eigenvalue weighted by molar-refractivity contribution is 0.198. The summed E-state index contributed by atoms with van der Waals surface area (Å²) in [5.74, 6) is -1.98. The fourth-order valence-corrected chi connectivity index (χ4v) is 1.03. The minimum Gasteiger partial charge on any atom is -0.489 e. The molecule has 0 amide bonds. The van der Waals surface area contributed by atoms with Gasteiger partial charge in [0.05, 0.1) is 0 Å². The summed E-state index contributed by atoms with van der Waals surface area (Å²) >= 11 is 0. The van der Waals surface area contributed by atoms with Crippen molar-refractivity contribution in [2.24, 2.45) is 11.1 Å². The maximum Gasteiger partial charge on any atom is 0.200 e. The van der Waals surface area contributed by atoms with Crippen molar-refractivity contribution in [1.82, 2.24) is 0 Å². The first kappa shape index (κ1) is 12.9. The number of benzene rings is 1. The fraction of sp³-hybridized carbons (Fsp3) is 0.500. The number of rotatable bonds is 3. The van der Waals surface area contributed by atoms with E-state index in [1.54, 1.807) is 0 Å². The molecular formula is C12H17F2NO. The highest BCUT2D eigenvalue weighted by Gasteiger charge is 2.21. The van der Waals surface area contributed by atoms with Crippen LogP contribution in [0.1, 0.15) is 20.8 Å². The molecule has 0 aliphatic rings. The van der Waals surface area contributed by atoms with Crippen LogP contribution in [0.15, 0.2) is 18.2 Å². The van der Waals surface area contributed by atoms with Gasteiger partial charge in [-0.1, -0.05) is 26.8 Å². The molecule has 2 N–H and O–H groups in total. The second-order valence-corrected chi connectivity index (χ2v) is 4.84. The molecule has 90 valence electrons. The lowest BCUT2D eigenvalue weighted by Gasteiger charge is -2.26. The zero-order valence-corrected chi connectivity index (χ0v) is 9.76. The van der Waals surface area contributed by atoms with Gasteiger partial charge in [-0.15, -0.1) is 0 Å². The second-order valence-electron chi connectivity index (χ2n) is 4.84. The number of hydrogen-bond donors (Lipinski definition) is 1. The van der Waals surface area contributed by atoms with Gasteiger partial charge in [-0.05, 0) is 17.5 Å². The molecule has 2 nitrogen and oxygen atoms in total. The summed E-state index contributed by atoms with van der Waals surface area (Å²) in [4.78, 5) is 0. The minimum atomic E-state index is -0.969. The average molecular weight is 229 g/mol. The van der Waals surface area contributed by atoms with Crippen molar-refractivity contribution in [2.45, 2.75) is 26.8 Å². The molecule has 1 aromatic rings. The van der Waals surface area contributed by atoms with Crippen LogP contribution in [0.5, 0.6) is 5.75 Å². The van der Waals surface area contributed by atoms with Gasteiger partial charge in [0.2, 0.25) is 5.82 Å². The van der Waals surface area contributed by atoms with E-state index in [-0.39, 0.29) is 23.8 Å². The van der Waals surface area contributed by atoms with E-state index in [1.165, 1.54) is 12.1 Å². The standard InChI is InChI=1S/C12H17F2NO/c1-12(2,3)10(15)7-16-9-6-4-5-8(13)11(9)14/h4-6,10H,7,15H2,1-3H3. The highest BCUT2D eigenvalue weighted by atomic mass is 19.2. The van der Waals surface area contributed by atoms with Gasteiger partial charge in [0.15, 0.2) is 11.6 Å². The molecule has 0 bridgehead atoms. The van der Waals surface area contributed by atoms with Crippen molar-refractivity contribution in [3.8, 4) is 5.75 Å². The Morgan fingerprint density at radius 1 is 1.31 bits per heavy atom. The van der Waals surface area contributed by atoms with Gasteiger partial charge in [0.25, 0.3) is 0 Å². The van der Waals surface area contributed by atoms with Crippen molar-refractivity contribution < 1.29 is 13.5 Å². The summed E-state index contributed by atoms with van der Waals surface area (Å²) in [6.07, 6.45) is 0. The van der Waals surface area contributed by atoms with Crippen LogP contribution in [-0.2, 0) is 0 Å². The smallest absolute Gasteiger partial charge is 0.200 e. The third-order valence-electron chi connectivity index (χ3n) is 2.45. The van der Waals surface area contributed by atoms with Gasteiger partial charge in [0.1, 0.15) is 6.61 Å². The summed E-state index contributed by atoms with van der Waals surface area (Å²) < 4.78 is 31.2. The molecule has 0 aromatic heterocycles. The summed E-state index contributed by atoms with van der Waals surface area (Å²) in [6.45, 7) is 6.04. The highest BCUT2D eigenvalue weighted by Crippen LogP contribution is 2.22. The first-order chi connectivity index (χ1) is 7.32. The molecule has 0 saturated carbocycles. The van der Waals surface area contributed by atoms with Crippen molar-refractivity contribution in [2.75, 3.05) is 6.61 Å². The Morgan fingerprint density at radius 3 is 2.50 bits per heavy atom. The van der Waals surface area contributed by atoms with E-state index in [9.17, 15) is 8.78 Å². The van der Waals surface area contributed by atoms with Crippen LogP contribution in [0.25, 0.3) is 0 Å². The molecule has 0 aliphatic carbocycles. The van der Waals surface area contributed by atoms with Crippen molar-refractivity contribution in [1.29, 1.82) is 0 Å². The fourth-order valence-electron chi connectivity index (χ4n) is 1.03. The quantitative estimate of drug-likeness (QED) is 0.864. The molecule has 4 heteroatoms. The van der Waals surface area contributed by atoms with E-state index < -0.39 is 11.6 Å². The van der Waals surface area contributed by atoms with Gasteiger partial charge in [-0.3, -0.25) is 0 Å². The molecule has 1 unspecified atom stereocenters. The molecule has 1 aromatic carbocycles. The predicted molar refractivity (Wildman–Crippen MR) is 59.3 cm³/mol. The highest BCUT2D eigenvalue weighted by molar-refractivity contribution is 5.25. The number of halogens is 2. The maximum absolute atomic E-state index is 13.2. The van der Waals surface area contributed by atoms with E-state index in [0.717, 1.165) is 6.07 Å². The summed E-state index contributed by atoms with van der Waals surface area (Å²) in [5.41, 5.74) is 5.71. The largest absolute Gasteiger partial charge is 0.489 e. The van der Waals surface area contributed by atoms with Gasteiger partial charge >= 0.3 is 0 Å². The van der Waals surface area contributed by atoms with Crippen molar-refractivity contribution >= 4 is 0 Å². The molecule has 0 spiro atoms. The van der Waals surface area contributed by atoms with Gasteiger partial charge < -0.3 is 10.5 Å². The van der Waals surface area contributed by atoms with Crippen LogP contribution < -0.4 is 10.5 Å². The van der Waals surface area contributed by atoms with Gasteiger partial charge in [-0.2, -0.15) is 4.39 Å². The lowest BCUT2D eigenvalue weighted by Crippen LogP contribution is -2.40. The third-order valence-corrected chi connectivity index (χ3v) is 2.45. The van der Waals surface area contributed by atoms with E-state index >= 15 is 0 Å². The molecular weight excluding hydrogens is 212 g/mol. The third kappa shape index (κ3) is 3.17. The summed E-state index contributed by atoms with van der Waals surface area (Å²) in [6, 6.07) is 3.59. The van der Waals surface area contributed by atoms with Crippen LogP contribution in [-0.4, -0.2) is 12.6 Å². The van der Waals surface area contributed by atoms with E-state index in [2.05, 4.69) is 0 Å². The van der Waals surface area contributed by atoms with E-state index in [1.807, 2.05) is 20.8 Å². The second kappa shape index (κ2) is 4.78. The van der Waals surface area contributed by atoms with Gasteiger partial charge in [-0.25, -0.2) is 4.39 Å². The molecule has 0 fully saturated rings. The van der Waals surface area contributed by atoms with Crippen LogP contribution in [0, 0.1) is 17.0 Å². The first-order valence-corrected chi connectivity index (χ1v) is 5.15. The molecule has 1 atom stereocenters. The van der Waals surface area contributed by atoms with E-state index in [0.29, 0.717) is 0 Å². The Kier molecular flexibility index (Phi) is 3.86. The van der Waals surface area contributed by atoms with Crippen molar-refractivity contribution in [3.05, 3.63) is 29.8 Å². The Hall–Kier alpha value is -1.16. The average Bonchev–Trinajstić information content (AvgIpc) is 2.18. The monoisotopic (exact) mass is 229 g/mol. The van der Waals surface area contributed by atoms with Gasteiger partial charge in [0, 0.05) is 6.04 Å². The maximum atomic E-state index is 13.2. The van der Waals surface area contributed by atoms with Crippen molar-refractivity contribution in [3.63, 3.8) is 0 Å². The Balaban J connectivity index is 2.65. The number of nitrogens with two attached hydrogens (primary N) is 1. The van der Waals surface area contributed by atoms with Crippen LogP contribution in [0.3, 0.4) is 0 Å². The van der Waals surface area contributed by atoms with Crippen LogP contribution in [0.4, 0.5) is 8.78 Å². The molecule has 0 aliphatic heterocycles. The first-order valence-electron chi connectivity index (χ1n) is 5.15. The normalized spacial score (nSPS) is 13.6. The number of hydrogen-bond acceptors (Lipinski definition) is 2. The molecule has 16 heavy (non-hydrogen) atoms. The van der Waals surface area contributed by atoms with E-state index in [4.69, 9.17) is 10.5 Å².